The molecule has 5 atom stereocenters. The van der Waals surface area contributed by atoms with Crippen LogP contribution in [0, 0.1) is 5.92 Å². The number of carbonyl (C=O) groups excluding carboxylic acids is 3. The Morgan fingerprint density at radius 3 is 2.00 bits per heavy atom. The number of thiol groups is 1. The normalized spacial score (nSPS) is 15.6. The quantitative estimate of drug-likeness (QED) is 0.185. The summed E-state index contributed by atoms with van der Waals surface area (Å²) < 4.78 is 0. The molecule has 0 aliphatic rings. The van der Waals surface area contributed by atoms with Gasteiger partial charge in [-0.15, -0.1) is 0 Å². The molecular weight excluding hydrogens is 448 g/mol. The fourth-order valence-electron chi connectivity index (χ4n) is 3.05. The highest BCUT2D eigenvalue weighted by Crippen LogP contribution is 2.07. The minimum absolute atomic E-state index is 0.00476. The highest BCUT2D eigenvalue weighted by Gasteiger charge is 2.32. The lowest BCUT2D eigenvalue weighted by Gasteiger charge is -2.26. The Morgan fingerprint density at radius 2 is 1.52 bits per heavy atom. The van der Waals surface area contributed by atoms with E-state index in [1.165, 1.54) is 6.92 Å². The molecule has 0 radical (unpaired) electrons. The zero-order valence-electron chi connectivity index (χ0n) is 19.0. The number of amides is 3. The second-order valence-electron chi connectivity index (χ2n) is 8.30. The fourth-order valence-corrected chi connectivity index (χ4v) is 3.30. The van der Waals surface area contributed by atoms with Gasteiger partial charge in [0.15, 0.2) is 0 Å². The molecule has 0 bridgehead atoms. The summed E-state index contributed by atoms with van der Waals surface area (Å²) >= 11 is 4.09. The molecule has 0 spiro atoms. The first-order valence-corrected chi connectivity index (χ1v) is 11.3. The van der Waals surface area contributed by atoms with Crippen LogP contribution in [-0.4, -0.2) is 69.9 Å². The summed E-state index contributed by atoms with van der Waals surface area (Å²) in [6.45, 7) is 4.89. The molecule has 7 N–H and O–H groups in total. The molecule has 0 aliphatic carbocycles. The van der Waals surface area contributed by atoms with Crippen LogP contribution in [-0.2, 0) is 25.6 Å². The first-order chi connectivity index (χ1) is 15.5. The molecule has 0 saturated carbocycles. The van der Waals surface area contributed by atoms with Crippen LogP contribution in [0.3, 0.4) is 0 Å². The van der Waals surface area contributed by atoms with Crippen molar-refractivity contribution in [2.75, 3.05) is 5.75 Å². The molecule has 184 valence electrons. The predicted octanol–water partition coefficient (Wildman–Crippen LogP) is -0.548. The number of benzene rings is 1. The third kappa shape index (κ3) is 9.80. The SMILES string of the molecule is CC(C)CC(NC(=O)C(NC(=O)C(CS)NC(=O)C(N)Cc1ccccc1)C(C)O)C(=O)O. The number of aliphatic hydroxyl groups excluding tert-OH is 1. The second-order valence-corrected chi connectivity index (χ2v) is 8.66. The van der Waals surface area contributed by atoms with Crippen LogP contribution in [0.25, 0.3) is 0 Å². The molecular formula is C22H34N4O6S. The fraction of sp³-hybridized carbons (Fsp3) is 0.545. The molecule has 0 aliphatic heterocycles. The number of hydrogen-bond acceptors (Lipinski definition) is 7. The Balaban J connectivity index is 2.79. The summed E-state index contributed by atoms with van der Waals surface area (Å²) in [6.07, 6.45) is -0.881. The van der Waals surface area contributed by atoms with Crippen molar-refractivity contribution in [3.8, 4) is 0 Å². The van der Waals surface area contributed by atoms with Gasteiger partial charge in [-0.05, 0) is 31.2 Å². The molecule has 11 heteroatoms. The van der Waals surface area contributed by atoms with Gasteiger partial charge in [-0.1, -0.05) is 44.2 Å². The maximum atomic E-state index is 12.7. The van der Waals surface area contributed by atoms with Gasteiger partial charge < -0.3 is 31.9 Å². The van der Waals surface area contributed by atoms with E-state index in [4.69, 9.17) is 5.73 Å². The van der Waals surface area contributed by atoms with Crippen molar-refractivity contribution in [2.24, 2.45) is 11.7 Å². The van der Waals surface area contributed by atoms with Crippen molar-refractivity contribution in [2.45, 2.75) is 63.9 Å². The highest BCUT2D eigenvalue weighted by atomic mass is 32.1. The van der Waals surface area contributed by atoms with E-state index in [1.54, 1.807) is 13.8 Å². The van der Waals surface area contributed by atoms with Gasteiger partial charge in [0, 0.05) is 5.75 Å². The van der Waals surface area contributed by atoms with Gasteiger partial charge in [0.05, 0.1) is 12.1 Å². The number of nitrogens with one attached hydrogen (secondary N) is 3. The summed E-state index contributed by atoms with van der Waals surface area (Å²) in [4.78, 5) is 49.1. The van der Waals surface area contributed by atoms with Crippen LogP contribution in [0.2, 0.25) is 0 Å². The molecule has 5 unspecified atom stereocenters. The van der Waals surface area contributed by atoms with Gasteiger partial charge in [0.2, 0.25) is 17.7 Å². The number of carboxylic acid groups (broad SMARTS) is 1. The van der Waals surface area contributed by atoms with Crippen LogP contribution in [0.5, 0.6) is 0 Å². The van der Waals surface area contributed by atoms with Gasteiger partial charge in [-0.2, -0.15) is 12.6 Å². The van der Waals surface area contributed by atoms with Crippen molar-refractivity contribution in [1.82, 2.24) is 16.0 Å². The van der Waals surface area contributed by atoms with Crippen LogP contribution in [0.1, 0.15) is 32.8 Å². The highest BCUT2D eigenvalue weighted by molar-refractivity contribution is 7.80. The lowest BCUT2D eigenvalue weighted by Crippen LogP contribution is -2.60. The number of carboxylic acids is 1. The van der Waals surface area contributed by atoms with Crippen LogP contribution in [0.15, 0.2) is 30.3 Å². The summed E-state index contributed by atoms with van der Waals surface area (Å²) in [5, 5.41) is 26.5. The van der Waals surface area contributed by atoms with E-state index in [-0.39, 0.29) is 24.5 Å². The molecule has 1 rings (SSSR count). The molecule has 1 aromatic rings. The summed E-state index contributed by atoms with van der Waals surface area (Å²) in [5.74, 6) is -3.50. The zero-order valence-corrected chi connectivity index (χ0v) is 19.9. The Labute approximate surface area is 199 Å². The molecule has 1 aromatic carbocycles. The lowest BCUT2D eigenvalue weighted by molar-refractivity contribution is -0.143. The number of aliphatic carboxylic acids is 1. The Kier molecular flexibility index (Phi) is 11.9. The molecule has 3 amide bonds. The van der Waals surface area contributed by atoms with Gasteiger partial charge in [-0.25, -0.2) is 4.79 Å². The smallest absolute Gasteiger partial charge is 0.326 e. The second kappa shape index (κ2) is 13.8. The van der Waals surface area contributed by atoms with E-state index in [0.29, 0.717) is 0 Å². The van der Waals surface area contributed by atoms with Crippen LogP contribution < -0.4 is 21.7 Å². The Morgan fingerprint density at radius 1 is 0.939 bits per heavy atom. The summed E-state index contributed by atoms with van der Waals surface area (Å²) in [5.41, 5.74) is 6.80. The first-order valence-electron chi connectivity index (χ1n) is 10.7. The number of hydrogen-bond donors (Lipinski definition) is 7. The zero-order chi connectivity index (χ0) is 25.1. The van der Waals surface area contributed by atoms with E-state index in [2.05, 4.69) is 28.6 Å². The summed E-state index contributed by atoms with van der Waals surface area (Å²) in [6, 6.07) is 4.50. The number of rotatable bonds is 13. The van der Waals surface area contributed by atoms with Crippen molar-refractivity contribution in [3.05, 3.63) is 35.9 Å². The van der Waals surface area contributed by atoms with Gasteiger partial charge in [0.1, 0.15) is 18.1 Å². The maximum Gasteiger partial charge on any atom is 0.326 e. The molecule has 0 aromatic heterocycles. The number of aliphatic hydroxyl groups is 1. The van der Waals surface area contributed by atoms with Crippen LogP contribution in [0.4, 0.5) is 0 Å². The van der Waals surface area contributed by atoms with E-state index in [1.807, 2.05) is 30.3 Å². The van der Waals surface area contributed by atoms with E-state index >= 15 is 0 Å². The average molecular weight is 483 g/mol. The maximum absolute atomic E-state index is 12.7. The molecule has 0 fully saturated rings. The third-order valence-electron chi connectivity index (χ3n) is 4.84. The minimum atomic E-state index is -1.43. The van der Waals surface area contributed by atoms with Crippen molar-refractivity contribution >= 4 is 36.3 Å². The topological polar surface area (TPSA) is 171 Å². The average Bonchev–Trinajstić information content (AvgIpc) is 2.74. The molecule has 0 saturated heterocycles. The number of carbonyl (C=O) groups is 4. The van der Waals surface area contributed by atoms with E-state index in [0.717, 1.165) is 5.56 Å². The standard InChI is InChI=1S/C22H34N4O6S/c1-12(2)9-16(22(31)32)24-21(30)18(13(3)27)26-20(29)17(11-33)25-19(28)15(23)10-14-7-5-4-6-8-14/h4-8,12-13,15-18,27,33H,9-11,23H2,1-3H3,(H,24,30)(H,25,28)(H,26,29)(H,31,32). The van der Waals surface area contributed by atoms with Crippen molar-refractivity contribution < 1.29 is 29.4 Å². The minimum Gasteiger partial charge on any atom is -0.480 e. The Hall–Kier alpha value is -2.63. The van der Waals surface area contributed by atoms with E-state index < -0.39 is 54.0 Å². The van der Waals surface area contributed by atoms with Crippen molar-refractivity contribution in [1.29, 1.82) is 0 Å². The van der Waals surface area contributed by atoms with Crippen molar-refractivity contribution in [3.63, 3.8) is 0 Å². The summed E-state index contributed by atoms with van der Waals surface area (Å²) in [7, 11) is 0. The largest absolute Gasteiger partial charge is 0.480 e. The third-order valence-corrected chi connectivity index (χ3v) is 5.20. The Bertz CT molecular complexity index is 805. The van der Waals surface area contributed by atoms with Crippen LogP contribution >= 0.6 is 12.6 Å². The van der Waals surface area contributed by atoms with Gasteiger partial charge >= 0.3 is 5.97 Å². The predicted molar refractivity (Wildman–Crippen MR) is 127 cm³/mol. The monoisotopic (exact) mass is 482 g/mol. The van der Waals surface area contributed by atoms with Gasteiger partial charge in [-0.3, -0.25) is 14.4 Å². The molecule has 33 heavy (non-hydrogen) atoms. The van der Waals surface area contributed by atoms with Gasteiger partial charge in [0.25, 0.3) is 0 Å². The molecule has 10 nitrogen and oxygen atoms in total. The molecule has 0 heterocycles. The lowest BCUT2D eigenvalue weighted by atomic mass is 10.0. The first kappa shape index (κ1) is 28.4. The van der Waals surface area contributed by atoms with E-state index in [9.17, 15) is 29.4 Å². The number of nitrogens with two attached hydrogens (primary N) is 1.